The molecule has 1 aliphatic carbocycles. The van der Waals surface area contributed by atoms with Crippen LogP contribution in [0.3, 0.4) is 0 Å². The first-order valence-corrected chi connectivity index (χ1v) is 14.1. The molecule has 7 rings (SSSR count). The van der Waals surface area contributed by atoms with Gasteiger partial charge in [0.05, 0.1) is 19.4 Å². The third-order valence-corrected chi connectivity index (χ3v) is 12.2. The number of thiazole rings is 1. The van der Waals surface area contributed by atoms with Crippen molar-refractivity contribution in [1.29, 1.82) is 0 Å². The monoisotopic (exact) mass is 481 g/mol. The van der Waals surface area contributed by atoms with Gasteiger partial charge in [-0.2, -0.15) is 0 Å². The maximum Gasteiger partial charge on any atom is 0.124 e. The number of hydrogen-bond acceptors (Lipinski definition) is 4. The van der Waals surface area contributed by atoms with E-state index in [2.05, 4.69) is 116 Å². The summed E-state index contributed by atoms with van der Waals surface area (Å²) in [6.45, 7) is 4.77. The van der Waals surface area contributed by atoms with Crippen LogP contribution in [0.1, 0.15) is 37.8 Å². The van der Waals surface area contributed by atoms with E-state index in [4.69, 9.17) is 4.98 Å². The summed E-state index contributed by atoms with van der Waals surface area (Å²) in [7, 11) is 0. The summed E-state index contributed by atoms with van der Waals surface area (Å²) in [5.41, 5.74) is 6.99. The molecular formula is C29H23NS3. The average molecular weight is 482 g/mol. The van der Waals surface area contributed by atoms with Gasteiger partial charge in [-0.05, 0) is 41.7 Å². The Morgan fingerprint density at radius 1 is 0.667 bits per heavy atom. The lowest BCUT2D eigenvalue weighted by molar-refractivity contribution is 0.560. The Hall–Kier alpha value is -2.27. The van der Waals surface area contributed by atoms with Crippen molar-refractivity contribution < 1.29 is 0 Å². The highest BCUT2D eigenvalue weighted by Gasteiger charge is 2.63. The van der Waals surface area contributed by atoms with Crippen LogP contribution in [0.2, 0.25) is 0 Å². The van der Waals surface area contributed by atoms with Crippen LogP contribution >= 0.6 is 34.9 Å². The third kappa shape index (κ3) is 2.44. The minimum absolute atomic E-state index is 0.00204. The Balaban J connectivity index is 1.71. The number of aromatic nitrogens is 1. The molecule has 3 aliphatic rings. The molecule has 4 heteroatoms. The van der Waals surface area contributed by atoms with E-state index >= 15 is 0 Å². The van der Waals surface area contributed by atoms with Gasteiger partial charge in [-0.3, -0.25) is 0 Å². The maximum absolute atomic E-state index is 5.39. The summed E-state index contributed by atoms with van der Waals surface area (Å²) in [4.78, 5) is 8.21. The molecule has 4 aromatic rings. The van der Waals surface area contributed by atoms with Gasteiger partial charge in [0.15, 0.2) is 0 Å². The van der Waals surface area contributed by atoms with Crippen LogP contribution in [0.4, 0.5) is 0 Å². The molecule has 2 aliphatic heterocycles. The van der Waals surface area contributed by atoms with E-state index in [1.807, 2.05) is 11.3 Å². The molecule has 3 heterocycles. The second kappa shape index (κ2) is 7.11. The van der Waals surface area contributed by atoms with Gasteiger partial charge < -0.3 is 0 Å². The molecule has 0 unspecified atom stereocenters. The predicted octanol–water partition coefficient (Wildman–Crippen LogP) is 6.73. The van der Waals surface area contributed by atoms with Crippen LogP contribution in [-0.2, 0) is 0 Å². The molecule has 0 fully saturated rings. The number of nitrogens with zero attached hydrogens (tertiary/aromatic N) is 1. The molecule has 2 atom stereocenters. The van der Waals surface area contributed by atoms with Gasteiger partial charge in [-0.1, -0.05) is 80.6 Å². The second-order valence-corrected chi connectivity index (χ2v) is 12.6. The quantitative estimate of drug-likeness (QED) is 0.322. The minimum atomic E-state index is -0.0283. The molecule has 1 aromatic heterocycles. The highest BCUT2D eigenvalue weighted by Crippen LogP contribution is 2.70. The average Bonchev–Trinajstić information content (AvgIpc) is 3.54. The van der Waals surface area contributed by atoms with Gasteiger partial charge in [0.25, 0.3) is 0 Å². The summed E-state index contributed by atoms with van der Waals surface area (Å²) in [5, 5.41) is 2.34. The lowest BCUT2D eigenvalue weighted by Crippen LogP contribution is -2.56. The zero-order valence-electron chi connectivity index (χ0n) is 18.6. The zero-order chi connectivity index (χ0) is 22.2. The first-order chi connectivity index (χ1) is 16.2. The van der Waals surface area contributed by atoms with Crippen LogP contribution < -0.4 is 9.88 Å². The number of fused-ring (bicyclic) bond motifs is 8. The van der Waals surface area contributed by atoms with Crippen LogP contribution in [0.25, 0.3) is 21.7 Å². The Morgan fingerprint density at radius 3 is 1.85 bits per heavy atom. The van der Waals surface area contributed by atoms with E-state index in [0.717, 1.165) is 17.8 Å². The van der Waals surface area contributed by atoms with E-state index in [1.165, 1.54) is 47.5 Å². The van der Waals surface area contributed by atoms with E-state index < -0.39 is 0 Å². The zero-order valence-corrected chi connectivity index (χ0v) is 21.0. The standard InChI is InChI=1S/C29H23NS3/c1-3-28-23(19-14-8-10-16-21(19)32-28)25-26(31-27(30-25)18-12-6-5-7-13-18)24-20-15-9-11-17-22(20)33-29(24,28)4-2/h5-17H,3-4H2,1-2H3/t28-,29-/m1/s1. The van der Waals surface area contributed by atoms with Crippen molar-refractivity contribution >= 4 is 46.0 Å². The topological polar surface area (TPSA) is 12.9 Å². The molecule has 0 radical (unpaired) electrons. The fraction of sp³-hybridized carbons (Fsp3) is 0.207. The molecule has 33 heavy (non-hydrogen) atoms. The molecule has 0 saturated carbocycles. The normalized spacial score (nSPS) is 24.2. The van der Waals surface area contributed by atoms with Crippen molar-refractivity contribution in [1.82, 2.24) is 4.98 Å². The summed E-state index contributed by atoms with van der Waals surface area (Å²) >= 11 is 6.08. The van der Waals surface area contributed by atoms with Crippen molar-refractivity contribution in [2.24, 2.45) is 0 Å². The Bertz CT molecular complexity index is 1450. The van der Waals surface area contributed by atoms with Gasteiger partial charge in [-0.15, -0.1) is 34.9 Å². The second-order valence-electron chi connectivity index (χ2n) is 8.87. The molecule has 162 valence electrons. The van der Waals surface area contributed by atoms with E-state index in [-0.39, 0.29) is 9.49 Å². The molecule has 3 aromatic carbocycles. The summed E-state index contributed by atoms with van der Waals surface area (Å²) in [6.07, 6.45) is 2.18. The van der Waals surface area contributed by atoms with E-state index in [0.29, 0.717) is 0 Å². The summed E-state index contributed by atoms with van der Waals surface area (Å²) in [5.74, 6) is 0. The van der Waals surface area contributed by atoms with E-state index in [1.54, 1.807) is 0 Å². The van der Waals surface area contributed by atoms with Crippen LogP contribution in [-0.4, -0.2) is 14.5 Å². The van der Waals surface area contributed by atoms with Crippen molar-refractivity contribution in [2.45, 2.75) is 46.0 Å². The van der Waals surface area contributed by atoms with Crippen LogP contribution in [0.5, 0.6) is 0 Å². The van der Waals surface area contributed by atoms with Gasteiger partial charge in [0, 0.05) is 20.9 Å². The van der Waals surface area contributed by atoms with Gasteiger partial charge >= 0.3 is 0 Å². The number of rotatable bonds is 3. The van der Waals surface area contributed by atoms with Crippen molar-refractivity contribution in [3.05, 3.63) is 99.9 Å². The van der Waals surface area contributed by atoms with E-state index in [9.17, 15) is 0 Å². The lowest BCUT2D eigenvalue weighted by atomic mass is 9.70. The molecule has 0 saturated heterocycles. The first kappa shape index (κ1) is 20.1. The Morgan fingerprint density at radius 2 is 1.21 bits per heavy atom. The minimum Gasteiger partial charge on any atom is -0.236 e. The summed E-state index contributed by atoms with van der Waals surface area (Å²) < 4.78 is 1.35. The molecular weight excluding hydrogens is 459 g/mol. The maximum atomic E-state index is 5.39. The van der Waals surface area contributed by atoms with Gasteiger partial charge in [0.2, 0.25) is 0 Å². The number of benzene rings is 3. The largest absolute Gasteiger partial charge is 0.236 e. The molecule has 0 N–H and O–H groups in total. The van der Waals surface area contributed by atoms with Crippen molar-refractivity contribution in [3.8, 4) is 10.6 Å². The van der Waals surface area contributed by atoms with Gasteiger partial charge in [-0.25, -0.2) is 4.98 Å². The fourth-order valence-electron chi connectivity index (χ4n) is 6.06. The van der Waals surface area contributed by atoms with Crippen LogP contribution in [0.15, 0.2) is 88.7 Å². The number of hydrogen-bond donors (Lipinski definition) is 0. The SMILES string of the molecule is CC[C@@]12Sc3ccccc3C1=c1nc(-c3ccccc3)sc1=C1c3ccccc3S[C@]12CC. The smallest absolute Gasteiger partial charge is 0.124 e. The molecule has 0 spiro atoms. The Kier molecular flexibility index (Phi) is 4.34. The molecule has 1 nitrogen and oxygen atoms in total. The number of thioether (sulfide) groups is 2. The van der Waals surface area contributed by atoms with Gasteiger partial charge in [0.1, 0.15) is 5.01 Å². The molecule has 0 bridgehead atoms. The highest BCUT2D eigenvalue weighted by atomic mass is 32.2. The third-order valence-electron chi connectivity index (χ3n) is 7.45. The molecule has 0 amide bonds. The van der Waals surface area contributed by atoms with Crippen molar-refractivity contribution in [3.63, 3.8) is 0 Å². The highest BCUT2D eigenvalue weighted by molar-refractivity contribution is 8.06. The Labute approximate surface area is 206 Å². The van der Waals surface area contributed by atoms with Crippen molar-refractivity contribution in [2.75, 3.05) is 0 Å². The fourth-order valence-corrected chi connectivity index (χ4v) is 10.9. The lowest BCUT2D eigenvalue weighted by Gasteiger charge is -2.47. The first-order valence-electron chi connectivity index (χ1n) is 11.6. The van der Waals surface area contributed by atoms with Crippen LogP contribution in [0, 0.1) is 0 Å². The predicted molar refractivity (Wildman–Crippen MR) is 142 cm³/mol. The summed E-state index contributed by atoms with van der Waals surface area (Å²) in [6, 6.07) is 28.7.